The quantitative estimate of drug-likeness (QED) is 0.551. The van der Waals surface area contributed by atoms with Crippen molar-refractivity contribution >= 4 is 5.76 Å². The Morgan fingerprint density at radius 1 is 0.897 bits per heavy atom. The average Bonchev–Trinajstić information content (AvgIpc) is 2.68. The van der Waals surface area contributed by atoms with Gasteiger partial charge in [0, 0.05) is 11.6 Å². The van der Waals surface area contributed by atoms with Gasteiger partial charge in [0.15, 0.2) is 0 Å². The Balaban J connectivity index is 1.60. The molecular formula is C24H26F3NO. The van der Waals surface area contributed by atoms with Crippen LogP contribution in [-0.2, 0) is 10.9 Å². The number of rotatable bonds is 4. The molecule has 1 saturated carbocycles. The lowest BCUT2D eigenvalue weighted by Gasteiger charge is -2.42. The Morgan fingerprint density at radius 2 is 1.52 bits per heavy atom. The zero-order valence-corrected chi connectivity index (χ0v) is 16.6. The van der Waals surface area contributed by atoms with Crippen molar-refractivity contribution in [2.24, 2.45) is 0 Å². The van der Waals surface area contributed by atoms with Gasteiger partial charge in [-0.2, -0.15) is 13.2 Å². The number of nitrogens with zero attached hydrogens (tertiary/aromatic N) is 1. The molecule has 2 aliphatic rings. The highest BCUT2D eigenvalue weighted by Crippen LogP contribution is 2.37. The largest absolute Gasteiger partial charge is 0.496 e. The van der Waals surface area contributed by atoms with Crippen LogP contribution in [0.15, 0.2) is 54.1 Å². The second-order valence-corrected chi connectivity index (χ2v) is 7.86. The van der Waals surface area contributed by atoms with Crippen molar-refractivity contribution in [2.75, 3.05) is 20.2 Å². The molecule has 1 unspecified atom stereocenters. The van der Waals surface area contributed by atoms with Crippen LogP contribution in [0, 0.1) is 0 Å². The van der Waals surface area contributed by atoms with Gasteiger partial charge in [-0.15, -0.1) is 0 Å². The average molecular weight is 401 g/mol. The number of ether oxygens (including phenoxy) is 1. The van der Waals surface area contributed by atoms with E-state index >= 15 is 0 Å². The zero-order valence-electron chi connectivity index (χ0n) is 16.6. The van der Waals surface area contributed by atoms with E-state index in [2.05, 4.69) is 4.90 Å². The van der Waals surface area contributed by atoms with E-state index in [1.54, 1.807) is 7.11 Å². The molecule has 1 aliphatic carbocycles. The van der Waals surface area contributed by atoms with Crippen molar-refractivity contribution in [3.05, 3.63) is 65.2 Å². The molecule has 154 valence electrons. The van der Waals surface area contributed by atoms with Crippen LogP contribution in [-0.4, -0.2) is 31.1 Å². The van der Waals surface area contributed by atoms with Gasteiger partial charge in [-0.05, 0) is 67.6 Å². The fraction of sp³-hybridized carbons (Fsp3) is 0.417. The van der Waals surface area contributed by atoms with Crippen LogP contribution in [0.3, 0.4) is 0 Å². The van der Waals surface area contributed by atoms with Crippen molar-refractivity contribution < 1.29 is 17.9 Å². The Labute approximate surface area is 170 Å². The molecule has 2 fully saturated rings. The van der Waals surface area contributed by atoms with Gasteiger partial charge in [0.25, 0.3) is 0 Å². The first-order valence-corrected chi connectivity index (χ1v) is 10.3. The van der Waals surface area contributed by atoms with E-state index in [1.807, 2.05) is 24.3 Å². The highest BCUT2D eigenvalue weighted by Gasteiger charge is 2.32. The summed E-state index contributed by atoms with van der Waals surface area (Å²) in [6.45, 7) is 2.33. The Bertz CT molecular complexity index is 864. The van der Waals surface area contributed by atoms with Crippen LogP contribution in [0.25, 0.3) is 16.9 Å². The van der Waals surface area contributed by atoms with E-state index in [1.165, 1.54) is 43.4 Å². The summed E-state index contributed by atoms with van der Waals surface area (Å²) in [4.78, 5) is 2.55. The van der Waals surface area contributed by atoms with E-state index in [9.17, 15) is 13.2 Å². The molecular weight excluding hydrogens is 375 g/mol. The smallest absolute Gasteiger partial charge is 0.416 e. The molecule has 1 saturated heterocycles. The van der Waals surface area contributed by atoms with Crippen LogP contribution in [0.1, 0.15) is 43.2 Å². The van der Waals surface area contributed by atoms with Crippen LogP contribution < -0.4 is 0 Å². The molecule has 1 aliphatic heterocycles. The summed E-state index contributed by atoms with van der Waals surface area (Å²) in [5, 5.41) is 0. The molecule has 1 atom stereocenters. The van der Waals surface area contributed by atoms with Crippen LogP contribution in [0.5, 0.6) is 0 Å². The van der Waals surface area contributed by atoms with E-state index in [0.717, 1.165) is 54.1 Å². The summed E-state index contributed by atoms with van der Waals surface area (Å²) in [5.74, 6) is 0.959. The minimum absolute atomic E-state index is 0.474. The van der Waals surface area contributed by atoms with Crippen molar-refractivity contribution in [2.45, 2.75) is 44.3 Å². The first kappa shape index (κ1) is 20.0. The molecule has 2 aromatic rings. The van der Waals surface area contributed by atoms with Gasteiger partial charge >= 0.3 is 6.18 Å². The Kier molecular flexibility index (Phi) is 5.68. The monoisotopic (exact) mass is 401 g/mol. The fourth-order valence-corrected chi connectivity index (χ4v) is 4.41. The van der Waals surface area contributed by atoms with Crippen molar-refractivity contribution in [1.82, 2.24) is 4.90 Å². The molecule has 0 bridgehead atoms. The number of alkyl halides is 3. The molecule has 0 radical (unpaired) electrons. The molecule has 0 spiro atoms. The van der Waals surface area contributed by atoms with Crippen molar-refractivity contribution in [3.8, 4) is 11.1 Å². The third kappa shape index (κ3) is 4.20. The van der Waals surface area contributed by atoms with Crippen LogP contribution >= 0.6 is 0 Å². The second kappa shape index (κ2) is 8.23. The van der Waals surface area contributed by atoms with Gasteiger partial charge in [0.2, 0.25) is 0 Å². The highest BCUT2D eigenvalue weighted by atomic mass is 19.4. The number of methoxy groups -OCH3 is 1. The van der Waals surface area contributed by atoms with Gasteiger partial charge in [0.05, 0.1) is 12.7 Å². The lowest BCUT2D eigenvalue weighted by atomic mass is 9.85. The normalized spacial score (nSPS) is 22.1. The summed E-state index contributed by atoms with van der Waals surface area (Å²) in [7, 11) is 1.73. The first-order chi connectivity index (χ1) is 14.0. The summed E-state index contributed by atoms with van der Waals surface area (Å²) in [6, 6.07) is 13.7. The lowest BCUT2D eigenvalue weighted by molar-refractivity contribution is -0.137. The maximum Gasteiger partial charge on any atom is 0.416 e. The van der Waals surface area contributed by atoms with E-state index in [0.29, 0.717) is 6.04 Å². The van der Waals surface area contributed by atoms with Crippen molar-refractivity contribution in [3.63, 3.8) is 0 Å². The van der Waals surface area contributed by atoms with Gasteiger partial charge in [-0.3, -0.25) is 4.90 Å². The molecule has 0 amide bonds. The summed E-state index contributed by atoms with van der Waals surface area (Å²) >= 11 is 0. The highest BCUT2D eigenvalue weighted by molar-refractivity contribution is 5.70. The minimum atomic E-state index is -4.31. The standard InChI is InChI=1S/C24H26F3NO/c1-29-23(21-5-2-3-6-22(21)28-15-4-16-28)19-9-7-17(8-10-19)18-11-13-20(14-12-18)24(25,26)27/h7-14,22H,2-6,15-16H2,1H3. The van der Waals surface area contributed by atoms with Crippen LogP contribution in [0.2, 0.25) is 0 Å². The Hall–Kier alpha value is -2.27. The lowest BCUT2D eigenvalue weighted by Crippen LogP contribution is -2.47. The zero-order chi connectivity index (χ0) is 20.4. The number of benzene rings is 2. The predicted molar refractivity (Wildman–Crippen MR) is 109 cm³/mol. The third-order valence-corrected chi connectivity index (χ3v) is 6.10. The molecule has 1 heterocycles. The van der Waals surface area contributed by atoms with Gasteiger partial charge < -0.3 is 4.74 Å². The number of likely N-dealkylation sites (tertiary alicyclic amines) is 1. The van der Waals surface area contributed by atoms with Crippen molar-refractivity contribution in [1.29, 1.82) is 0 Å². The number of hydrogen-bond acceptors (Lipinski definition) is 2. The van der Waals surface area contributed by atoms with E-state index in [4.69, 9.17) is 4.74 Å². The molecule has 29 heavy (non-hydrogen) atoms. The fourth-order valence-electron chi connectivity index (χ4n) is 4.41. The SMILES string of the molecule is COC(=C1CCCCC1N1CCC1)c1ccc(-c2ccc(C(F)(F)F)cc2)cc1. The predicted octanol–water partition coefficient (Wildman–Crippen LogP) is 6.38. The number of hydrogen-bond donors (Lipinski definition) is 0. The molecule has 0 N–H and O–H groups in total. The molecule has 0 aromatic heterocycles. The number of halogens is 3. The molecule has 5 heteroatoms. The van der Waals surface area contributed by atoms with Gasteiger partial charge in [-0.1, -0.05) is 42.8 Å². The summed E-state index contributed by atoms with van der Waals surface area (Å²) in [5.41, 5.74) is 3.46. The summed E-state index contributed by atoms with van der Waals surface area (Å²) in [6.07, 6.45) is 1.66. The van der Waals surface area contributed by atoms with E-state index in [-0.39, 0.29) is 0 Å². The molecule has 2 nitrogen and oxygen atoms in total. The topological polar surface area (TPSA) is 12.5 Å². The Morgan fingerprint density at radius 3 is 2.03 bits per heavy atom. The maximum atomic E-state index is 12.8. The summed E-state index contributed by atoms with van der Waals surface area (Å²) < 4.78 is 44.2. The van der Waals surface area contributed by atoms with E-state index < -0.39 is 11.7 Å². The first-order valence-electron chi connectivity index (χ1n) is 10.3. The van der Waals surface area contributed by atoms with Gasteiger partial charge in [0.1, 0.15) is 5.76 Å². The second-order valence-electron chi connectivity index (χ2n) is 7.86. The van der Waals surface area contributed by atoms with Crippen LogP contribution in [0.4, 0.5) is 13.2 Å². The third-order valence-electron chi connectivity index (χ3n) is 6.10. The molecule has 2 aromatic carbocycles. The van der Waals surface area contributed by atoms with Gasteiger partial charge in [-0.25, -0.2) is 0 Å². The minimum Gasteiger partial charge on any atom is -0.496 e. The maximum absolute atomic E-state index is 12.8. The molecule has 4 rings (SSSR count).